The highest BCUT2D eigenvalue weighted by molar-refractivity contribution is 8.18. The van der Waals surface area contributed by atoms with Crippen molar-refractivity contribution in [3.63, 3.8) is 0 Å². The highest BCUT2D eigenvalue weighted by atomic mass is 32.2. The minimum atomic E-state index is -0.499. The third-order valence-electron chi connectivity index (χ3n) is 4.60. The molecule has 31 heavy (non-hydrogen) atoms. The molecule has 2 amide bonds. The maximum absolute atomic E-state index is 12.7. The van der Waals surface area contributed by atoms with E-state index in [0.29, 0.717) is 34.1 Å². The van der Waals surface area contributed by atoms with Gasteiger partial charge in [0.15, 0.2) is 11.5 Å². The number of non-ortho nitro benzene ring substituents is 1. The SMILES string of the molecule is CCCCOc1ccc(/C=C2\SC(=O)N(Cc3ccc([N+](=O)[O-])cc3)C2=O)cc1OC. The van der Waals surface area contributed by atoms with Crippen LogP contribution in [0.4, 0.5) is 10.5 Å². The number of nitro benzene ring substituents is 1. The Morgan fingerprint density at radius 2 is 1.87 bits per heavy atom. The van der Waals surface area contributed by atoms with Crippen LogP contribution in [-0.2, 0) is 11.3 Å². The maximum atomic E-state index is 12.7. The molecule has 3 rings (SSSR count). The van der Waals surface area contributed by atoms with Crippen LogP contribution in [-0.4, -0.2) is 34.7 Å². The minimum Gasteiger partial charge on any atom is -0.493 e. The van der Waals surface area contributed by atoms with Gasteiger partial charge in [0.2, 0.25) is 0 Å². The van der Waals surface area contributed by atoms with Crippen molar-refractivity contribution in [1.29, 1.82) is 0 Å². The zero-order valence-corrected chi connectivity index (χ0v) is 18.0. The number of benzene rings is 2. The maximum Gasteiger partial charge on any atom is 0.293 e. The Hall–Kier alpha value is -3.33. The Balaban J connectivity index is 1.74. The molecule has 2 aromatic carbocycles. The Bertz CT molecular complexity index is 1020. The topological polar surface area (TPSA) is 99.0 Å². The highest BCUT2D eigenvalue weighted by Gasteiger charge is 2.35. The Labute approximate surface area is 184 Å². The van der Waals surface area contributed by atoms with Gasteiger partial charge in [0.25, 0.3) is 16.8 Å². The molecule has 0 atom stereocenters. The predicted octanol–water partition coefficient (Wildman–Crippen LogP) is 5.02. The van der Waals surface area contributed by atoms with Gasteiger partial charge in [-0.3, -0.25) is 24.6 Å². The number of ether oxygens (including phenoxy) is 2. The van der Waals surface area contributed by atoms with Crippen molar-refractivity contribution in [2.24, 2.45) is 0 Å². The standard InChI is InChI=1S/C22H22N2O6S/c1-3-4-11-30-18-10-7-16(12-19(18)29-2)13-20-21(25)23(22(26)31-20)14-15-5-8-17(9-6-15)24(27)28/h5-10,12-13H,3-4,11,14H2,1-2H3/b20-13-. The smallest absolute Gasteiger partial charge is 0.293 e. The summed E-state index contributed by atoms with van der Waals surface area (Å²) in [6, 6.07) is 11.1. The summed E-state index contributed by atoms with van der Waals surface area (Å²) in [5.74, 6) is 0.768. The lowest BCUT2D eigenvalue weighted by Crippen LogP contribution is -2.27. The molecule has 0 bridgehead atoms. The third-order valence-corrected chi connectivity index (χ3v) is 5.51. The number of unbranched alkanes of at least 4 members (excludes halogenated alkanes) is 1. The quantitative estimate of drug-likeness (QED) is 0.233. The molecule has 9 heteroatoms. The van der Waals surface area contributed by atoms with Gasteiger partial charge in [-0.05, 0) is 47.5 Å². The number of amides is 2. The van der Waals surface area contributed by atoms with E-state index < -0.39 is 10.8 Å². The van der Waals surface area contributed by atoms with Crippen molar-refractivity contribution in [2.45, 2.75) is 26.3 Å². The molecular formula is C22H22N2O6S. The van der Waals surface area contributed by atoms with Gasteiger partial charge in [0.1, 0.15) is 0 Å². The van der Waals surface area contributed by atoms with Gasteiger partial charge in [-0.1, -0.05) is 31.5 Å². The van der Waals surface area contributed by atoms with Gasteiger partial charge < -0.3 is 9.47 Å². The van der Waals surface area contributed by atoms with E-state index >= 15 is 0 Å². The van der Waals surface area contributed by atoms with Crippen LogP contribution in [0.25, 0.3) is 6.08 Å². The van der Waals surface area contributed by atoms with E-state index in [9.17, 15) is 19.7 Å². The van der Waals surface area contributed by atoms with Gasteiger partial charge in [0.05, 0.1) is 30.1 Å². The van der Waals surface area contributed by atoms with Crippen molar-refractivity contribution >= 4 is 34.7 Å². The molecule has 162 valence electrons. The largest absolute Gasteiger partial charge is 0.493 e. The molecule has 1 aliphatic heterocycles. The minimum absolute atomic E-state index is 0.0474. The summed E-state index contributed by atoms with van der Waals surface area (Å²) in [5, 5.41) is 10.4. The number of thioether (sulfide) groups is 1. The lowest BCUT2D eigenvalue weighted by molar-refractivity contribution is -0.384. The van der Waals surface area contributed by atoms with Crippen LogP contribution >= 0.6 is 11.8 Å². The van der Waals surface area contributed by atoms with Crippen LogP contribution in [0.15, 0.2) is 47.4 Å². The number of rotatable bonds is 9. The zero-order chi connectivity index (χ0) is 22.4. The van der Waals surface area contributed by atoms with E-state index in [1.165, 1.54) is 24.3 Å². The molecule has 0 unspecified atom stereocenters. The Kier molecular flexibility index (Phi) is 7.30. The molecule has 1 heterocycles. The van der Waals surface area contributed by atoms with Crippen LogP contribution in [0, 0.1) is 10.1 Å². The average molecular weight is 442 g/mol. The van der Waals surface area contributed by atoms with E-state index in [1.54, 1.807) is 31.4 Å². The van der Waals surface area contributed by atoms with Crippen LogP contribution < -0.4 is 9.47 Å². The average Bonchev–Trinajstić information content (AvgIpc) is 3.02. The summed E-state index contributed by atoms with van der Waals surface area (Å²) >= 11 is 0.857. The summed E-state index contributed by atoms with van der Waals surface area (Å²) in [4.78, 5) is 36.8. The summed E-state index contributed by atoms with van der Waals surface area (Å²) in [6.07, 6.45) is 3.60. The molecule has 1 saturated heterocycles. The lowest BCUT2D eigenvalue weighted by atomic mass is 10.1. The second-order valence-electron chi connectivity index (χ2n) is 6.80. The molecular weight excluding hydrogens is 420 g/mol. The molecule has 0 saturated carbocycles. The molecule has 0 aliphatic carbocycles. The van der Waals surface area contributed by atoms with Crippen molar-refractivity contribution < 1.29 is 24.0 Å². The normalized spacial score (nSPS) is 14.9. The first-order valence-corrected chi connectivity index (χ1v) is 10.5. The van der Waals surface area contributed by atoms with E-state index in [4.69, 9.17) is 9.47 Å². The monoisotopic (exact) mass is 442 g/mol. The Morgan fingerprint density at radius 1 is 1.13 bits per heavy atom. The molecule has 8 nitrogen and oxygen atoms in total. The first-order chi connectivity index (χ1) is 14.9. The van der Waals surface area contributed by atoms with Gasteiger partial charge in [-0.2, -0.15) is 0 Å². The van der Waals surface area contributed by atoms with Gasteiger partial charge in [0, 0.05) is 12.1 Å². The van der Waals surface area contributed by atoms with E-state index in [1.807, 2.05) is 0 Å². The van der Waals surface area contributed by atoms with Crippen LogP contribution in [0.1, 0.15) is 30.9 Å². The van der Waals surface area contributed by atoms with Crippen LogP contribution in [0.2, 0.25) is 0 Å². The van der Waals surface area contributed by atoms with E-state index in [0.717, 1.165) is 29.5 Å². The first kappa shape index (κ1) is 22.4. The number of carbonyl (C=O) groups excluding carboxylic acids is 2. The number of imide groups is 1. The fourth-order valence-electron chi connectivity index (χ4n) is 2.91. The van der Waals surface area contributed by atoms with Crippen molar-refractivity contribution in [3.8, 4) is 11.5 Å². The number of methoxy groups -OCH3 is 1. The molecule has 1 aliphatic rings. The zero-order valence-electron chi connectivity index (χ0n) is 17.2. The molecule has 0 spiro atoms. The number of hydrogen-bond donors (Lipinski definition) is 0. The summed E-state index contributed by atoms with van der Waals surface area (Å²) in [6.45, 7) is 2.72. The van der Waals surface area contributed by atoms with Crippen LogP contribution in [0.3, 0.4) is 0 Å². The van der Waals surface area contributed by atoms with Gasteiger partial charge in [-0.15, -0.1) is 0 Å². The van der Waals surface area contributed by atoms with Crippen molar-refractivity contribution in [3.05, 3.63) is 68.6 Å². The van der Waals surface area contributed by atoms with Crippen LogP contribution in [0.5, 0.6) is 11.5 Å². The predicted molar refractivity (Wildman–Crippen MR) is 118 cm³/mol. The number of nitrogens with zero attached hydrogens (tertiary/aromatic N) is 2. The second-order valence-corrected chi connectivity index (χ2v) is 7.80. The summed E-state index contributed by atoms with van der Waals surface area (Å²) in [5.41, 5.74) is 1.29. The number of carbonyl (C=O) groups is 2. The lowest BCUT2D eigenvalue weighted by Gasteiger charge is -2.12. The highest BCUT2D eigenvalue weighted by Crippen LogP contribution is 2.35. The third kappa shape index (κ3) is 5.43. The molecule has 2 aromatic rings. The fourth-order valence-corrected chi connectivity index (χ4v) is 3.75. The van der Waals surface area contributed by atoms with E-state index in [-0.39, 0.29) is 17.5 Å². The number of nitro groups is 1. The Morgan fingerprint density at radius 3 is 2.52 bits per heavy atom. The van der Waals surface area contributed by atoms with E-state index in [2.05, 4.69) is 6.92 Å². The van der Waals surface area contributed by atoms with Crippen molar-refractivity contribution in [1.82, 2.24) is 4.90 Å². The fraction of sp³-hybridized carbons (Fsp3) is 0.273. The van der Waals surface area contributed by atoms with Gasteiger partial charge >= 0.3 is 0 Å². The summed E-state index contributed by atoms with van der Waals surface area (Å²) < 4.78 is 11.1. The molecule has 0 aromatic heterocycles. The molecule has 1 fully saturated rings. The molecule has 0 radical (unpaired) electrons. The van der Waals surface area contributed by atoms with Gasteiger partial charge in [-0.25, -0.2) is 0 Å². The van der Waals surface area contributed by atoms with Crippen molar-refractivity contribution in [2.75, 3.05) is 13.7 Å². The summed E-state index contributed by atoms with van der Waals surface area (Å²) in [7, 11) is 1.55. The first-order valence-electron chi connectivity index (χ1n) is 9.72. The number of hydrogen-bond acceptors (Lipinski definition) is 7. The second kappa shape index (κ2) is 10.1. The molecule has 0 N–H and O–H groups in total.